The Morgan fingerprint density at radius 1 is 1.00 bits per heavy atom. The molecule has 7 nitrogen and oxygen atoms in total. The van der Waals surface area contributed by atoms with E-state index in [0.29, 0.717) is 26.2 Å². The van der Waals surface area contributed by atoms with Crippen LogP contribution in [-0.4, -0.2) is 65.0 Å². The second-order valence-corrected chi connectivity index (χ2v) is 6.96. The highest BCUT2D eigenvalue weighted by molar-refractivity contribution is 5.94. The zero-order valence-electron chi connectivity index (χ0n) is 15.4. The Kier molecular flexibility index (Phi) is 4.87. The van der Waals surface area contributed by atoms with Crippen molar-refractivity contribution in [3.05, 3.63) is 41.7 Å². The van der Waals surface area contributed by atoms with E-state index >= 15 is 0 Å². The smallest absolute Gasteiger partial charge is 0.257 e. The summed E-state index contributed by atoms with van der Waals surface area (Å²) in [7, 11) is 0. The largest absolute Gasteiger partial charge is 0.356 e. The first kappa shape index (κ1) is 17.6. The van der Waals surface area contributed by atoms with Gasteiger partial charge in [-0.3, -0.25) is 9.78 Å². The van der Waals surface area contributed by atoms with Crippen LogP contribution in [-0.2, 0) is 0 Å². The van der Waals surface area contributed by atoms with Crippen molar-refractivity contribution in [2.45, 2.75) is 19.8 Å². The highest BCUT2D eigenvalue weighted by Crippen LogP contribution is 2.23. The molecule has 0 aliphatic carbocycles. The molecule has 0 spiro atoms. The molecule has 0 unspecified atom stereocenters. The monoisotopic (exact) mass is 370 g/mol. The Morgan fingerprint density at radius 2 is 1.63 bits per heavy atom. The summed E-state index contributed by atoms with van der Waals surface area (Å²) in [6, 6.07) is 3.47. The normalized spacial score (nSPS) is 17.5. The third kappa shape index (κ3) is 3.70. The molecule has 0 aromatic carbocycles. The lowest BCUT2D eigenvalue weighted by molar-refractivity contribution is 0.0741. The lowest BCUT2D eigenvalue weighted by Crippen LogP contribution is -2.49. The number of hydrogen-bond donors (Lipinski definition) is 0. The second kappa shape index (κ2) is 7.46. The maximum Gasteiger partial charge on any atom is 0.257 e. The summed E-state index contributed by atoms with van der Waals surface area (Å²) in [5.41, 5.74) is 0.0765. The van der Waals surface area contributed by atoms with E-state index in [2.05, 4.69) is 24.8 Å². The van der Waals surface area contributed by atoms with Crippen LogP contribution in [0, 0.1) is 12.7 Å². The van der Waals surface area contributed by atoms with Gasteiger partial charge in [-0.1, -0.05) is 0 Å². The Labute approximate surface area is 157 Å². The molecule has 0 N–H and O–H groups in total. The highest BCUT2D eigenvalue weighted by Gasteiger charge is 2.25. The quantitative estimate of drug-likeness (QED) is 0.822. The number of carbonyl (C=O) groups excluding carboxylic acids is 1. The Hall–Kier alpha value is -2.77. The van der Waals surface area contributed by atoms with Crippen molar-refractivity contribution in [1.29, 1.82) is 0 Å². The zero-order chi connectivity index (χ0) is 18.8. The van der Waals surface area contributed by atoms with Crippen molar-refractivity contribution < 1.29 is 9.18 Å². The number of aromatic nitrogens is 3. The van der Waals surface area contributed by atoms with Crippen LogP contribution < -0.4 is 9.80 Å². The molecular formula is C19H23FN6O. The summed E-state index contributed by atoms with van der Waals surface area (Å²) in [4.78, 5) is 31.6. The molecule has 8 heteroatoms. The minimum atomic E-state index is -0.577. The van der Waals surface area contributed by atoms with Crippen LogP contribution in [0.3, 0.4) is 0 Å². The standard InChI is InChI=1S/C19H23FN6O/c1-14-22-17(24-6-2-3-7-24)12-18(23-14)25-8-10-26(11-9-25)19(27)15-4-5-21-13-16(15)20/h4-5,12-13H,2-3,6-11H2,1H3. The highest BCUT2D eigenvalue weighted by atomic mass is 19.1. The molecule has 2 saturated heterocycles. The number of amides is 1. The Bertz CT molecular complexity index is 831. The molecule has 2 fully saturated rings. The van der Waals surface area contributed by atoms with Gasteiger partial charge in [0.2, 0.25) is 0 Å². The van der Waals surface area contributed by atoms with E-state index < -0.39 is 5.82 Å². The maximum absolute atomic E-state index is 13.8. The molecule has 0 bridgehead atoms. The number of rotatable bonds is 3. The van der Waals surface area contributed by atoms with E-state index in [1.165, 1.54) is 25.1 Å². The van der Waals surface area contributed by atoms with Gasteiger partial charge in [-0.15, -0.1) is 0 Å². The lowest BCUT2D eigenvalue weighted by atomic mass is 10.2. The molecule has 27 heavy (non-hydrogen) atoms. The molecule has 0 atom stereocenters. The summed E-state index contributed by atoms with van der Waals surface area (Å²) in [6.45, 7) is 6.37. The number of aryl methyl sites for hydroxylation is 1. The predicted octanol–water partition coefficient (Wildman–Crippen LogP) is 1.88. The van der Waals surface area contributed by atoms with Gasteiger partial charge in [0.05, 0.1) is 11.8 Å². The SMILES string of the molecule is Cc1nc(N2CCCC2)cc(N2CCN(C(=O)c3ccncc3F)CC2)n1. The van der Waals surface area contributed by atoms with E-state index in [4.69, 9.17) is 0 Å². The number of halogens is 1. The van der Waals surface area contributed by atoms with Crippen LogP contribution in [0.25, 0.3) is 0 Å². The van der Waals surface area contributed by atoms with Gasteiger partial charge in [-0.25, -0.2) is 14.4 Å². The third-order valence-electron chi connectivity index (χ3n) is 5.13. The van der Waals surface area contributed by atoms with E-state index in [1.807, 2.05) is 13.0 Å². The number of hydrogen-bond acceptors (Lipinski definition) is 6. The topological polar surface area (TPSA) is 65.5 Å². The number of nitrogens with zero attached hydrogens (tertiary/aromatic N) is 6. The average Bonchev–Trinajstić information content (AvgIpc) is 3.22. The number of carbonyl (C=O) groups is 1. The fourth-order valence-corrected chi connectivity index (χ4v) is 3.66. The molecule has 4 rings (SSSR count). The van der Waals surface area contributed by atoms with Crippen LogP contribution >= 0.6 is 0 Å². The van der Waals surface area contributed by atoms with E-state index in [9.17, 15) is 9.18 Å². The van der Waals surface area contributed by atoms with Crippen LogP contribution in [0.4, 0.5) is 16.0 Å². The van der Waals surface area contributed by atoms with Crippen LogP contribution in [0.15, 0.2) is 24.5 Å². The summed E-state index contributed by atoms with van der Waals surface area (Å²) >= 11 is 0. The van der Waals surface area contributed by atoms with Crippen LogP contribution in [0.1, 0.15) is 29.0 Å². The molecule has 2 aromatic rings. The van der Waals surface area contributed by atoms with Gasteiger partial charge in [-0.2, -0.15) is 0 Å². The molecule has 2 aliphatic heterocycles. The molecule has 2 aromatic heterocycles. The minimum Gasteiger partial charge on any atom is -0.356 e. The fraction of sp³-hybridized carbons (Fsp3) is 0.474. The zero-order valence-corrected chi connectivity index (χ0v) is 15.4. The van der Waals surface area contributed by atoms with Crippen molar-refractivity contribution in [3.8, 4) is 0 Å². The summed E-state index contributed by atoms with van der Waals surface area (Å²) in [6.07, 6.45) is 4.92. The van der Waals surface area contributed by atoms with Gasteiger partial charge in [0.1, 0.15) is 17.5 Å². The van der Waals surface area contributed by atoms with Crippen molar-refractivity contribution in [2.75, 3.05) is 49.1 Å². The van der Waals surface area contributed by atoms with Crippen LogP contribution in [0.5, 0.6) is 0 Å². The molecule has 2 aliphatic rings. The lowest BCUT2D eigenvalue weighted by Gasteiger charge is -2.35. The van der Waals surface area contributed by atoms with Gasteiger partial charge in [-0.05, 0) is 25.8 Å². The maximum atomic E-state index is 13.8. The van der Waals surface area contributed by atoms with Gasteiger partial charge in [0.15, 0.2) is 5.82 Å². The predicted molar refractivity (Wildman–Crippen MR) is 101 cm³/mol. The fourth-order valence-electron chi connectivity index (χ4n) is 3.66. The van der Waals surface area contributed by atoms with Crippen molar-refractivity contribution >= 4 is 17.5 Å². The Balaban J connectivity index is 1.45. The van der Waals surface area contributed by atoms with Gasteiger partial charge >= 0.3 is 0 Å². The summed E-state index contributed by atoms with van der Waals surface area (Å²) in [5, 5.41) is 0. The van der Waals surface area contributed by atoms with E-state index in [-0.39, 0.29) is 11.5 Å². The van der Waals surface area contributed by atoms with E-state index in [0.717, 1.165) is 36.7 Å². The molecule has 4 heterocycles. The Morgan fingerprint density at radius 3 is 2.26 bits per heavy atom. The average molecular weight is 370 g/mol. The first-order valence-corrected chi connectivity index (χ1v) is 9.36. The molecule has 142 valence electrons. The van der Waals surface area contributed by atoms with Gasteiger partial charge < -0.3 is 14.7 Å². The molecule has 0 radical (unpaired) electrons. The molecule has 1 amide bonds. The first-order valence-electron chi connectivity index (χ1n) is 9.36. The summed E-state index contributed by atoms with van der Waals surface area (Å²) in [5.74, 6) is 1.77. The number of pyridine rings is 1. The van der Waals surface area contributed by atoms with Crippen LogP contribution in [0.2, 0.25) is 0 Å². The number of anilines is 2. The van der Waals surface area contributed by atoms with Gasteiger partial charge in [0, 0.05) is 51.5 Å². The molecule has 0 saturated carbocycles. The van der Waals surface area contributed by atoms with Crippen molar-refractivity contribution in [2.24, 2.45) is 0 Å². The second-order valence-electron chi connectivity index (χ2n) is 6.96. The molecular weight excluding hydrogens is 347 g/mol. The van der Waals surface area contributed by atoms with Crippen molar-refractivity contribution in [3.63, 3.8) is 0 Å². The minimum absolute atomic E-state index is 0.0765. The summed E-state index contributed by atoms with van der Waals surface area (Å²) < 4.78 is 13.8. The van der Waals surface area contributed by atoms with E-state index in [1.54, 1.807) is 4.90 Å². The number of piperazine rings is 1. The van der Waals surface area contributed by atoms with Gasteiger partial charge in [0.25, 0.3) is 5.91 Å². The third-order valence-corrected chi connectivity index (χ3v) is 5.13. The first-order chi connectivity index (χ1) is 13.1. The van der Waals surface area contributed by atoms with Crippen molar-refractivity contribution in [1.82, 2.24) is 19.9 Å².